The molecule has 1 aliphatic rings. The molecule has 2 aromatic rings. The first-order valence-electron chi connectivity index (χ1n) is 7.89. The van der Waals surface area contributed by atoms with Crippen molar-refractivity contribution in [3.63, 3.8) is 0 Å². The fraction of sp³-hybridized carbons (Fsp3) is 0.333. The lowest BCUT2D eigenvalue weighted by atomic mass is 9.93. The number of morpholine rings is 1. The van der Waals surface area contributed by atoms with Gasteiger partial charge in [0.2, 0.25) is 9.84 Å². The van der Waals surface area contributed by atoms with E-state index in [1.807, 2.05) is 37.3 Å². The Labute approximate surface area is 146 Å². The van der Waals surface area contributed by atoms with Crippen LogP contribution in [0.2, 0.25) is 0 Å². The van der Waals surface area contributed by atoms with E-state index in [9.17, 15) is 17.2 Å². The molecule has 25 heavy (non-hydrogen) atoms. The maximum absolute atomic E-state index is 12.6. The van der Waals surface area contributed by atoms with Crippen molar-refractivity contribution in [2.24, 2.45) is 0 Å². The van der Waals surface area contributed by atoms with Crippen molar-refractivity contribution in [3.8, 4) is 0 Å². The molecule has 134 valence electrons. The zero-order chi connectivity index (χ0) is 18.1. The Kier molecular flexibility index (Phi) is 4.79. The number of sulfone groups is 1. The van der Waals surface area contributed by atoms with E-state index in [1.54, 1.807) is 12.1 Å². The monoisotopic (exact) mass is 367 g/mol. The molecule has 1 atom stereocenters. The van der Waals surface area contributed by atoms with Crippen molar-refractivity contribution in [1.29, 1.82) is 0 Å². The van der Waals surface area contributed by atoms with Gasteiger partial charge in [-0.25, -0.2) is 8.42 Å². The summed E-state index contributed by atoms with van der Waals surface area (Å²) in [4.78, 5) is 1.69. The third-order valence-corrected chi connectivity index (χ3v) is 5.82. The fourth-order valence-electron chi connectivity index (χ4n) is 3.01. The van der Waals surface area contributed by atoms with Gasteiger partial charge in [0.15, 0.2) is 0 Å². The molecular formula is C18H19F2NO3S. The lowest BCUT2D eigenvalue weighted by molar-refractivity contribution is -0.0465. The van der Waals surface area contributed by atoms with Crippen LogP contribution in [0.5, 0.6) is 0 Å². The van der Waals surface area contributed by atoms with E-state index in [4.69, 9.17) is 4.74 Å². The van der Waals surface area contributed by atoms with E-state index in [0.717, 1.165) is 11.3 Å². The summed E-state index contributed by atoms with van der Waals surface area (Å²) in [6, 6.07) is 15.4. The molecule has 0 spiro atoms. The number of alkyl halides is 2. The minimum absolute atomic E-state index is 0.370. The molecule has 0 amide bonds. The summed E-state index contributed by atoms with van der Waals surface area (Å²) in [5, 5.41) is 0. The lowest BCUT2D eigenvalue weighted by Crippen LogP contribution is -2.48. The molecule has 7 heteroatoms. The normalized spacial score (nSPS) is 21.5. The van der Waals surface area contributed by atoms with Gasteiger partial charge in [-0.2, -0.15) is 8.78 Å². The quantitative estimate of drug-likeness (QED) is 0.831. The van der Waals surface area contributed by atoms with Crippen LogP contribution in [0.1, 0.15) is 12.5 Å². The predicted octanol–water partition coefficient (Wildman–Crippen LogP) is 3.43. The number of benzene rings is 2. The number of rotatable bonds is 4. The van der Waals surface area contributed by atoms with E-state index in [2.05, 4.69) is 4.90 Å². The van der Waals surface area contributed by atoms with Crippen LogP contribution in [0.4, 0.5) is 14.5 Å². The molecule has 0 aromatic heterocycles. The van der Waals surface area contributed by atoms with Crippen LogP contribution < -0.4 is 4.90 Å². The van der Waals surface area contributed by atoms with Crippen LogP contribution in [-0.2, 0) is 20.2 Å². The molecule has 0 bridgehead atoms. The highest BCUT2D eigenvalue weighted by atomic mass is 32.2. The summed E-state index contributed by atoms with van der Waals surface area (Å²) in [7, 11) is -4.57. The summed E-state index contributed by atoms with van der Waals surface area (Å²) in [5.41, 5.74) is 1.34. The van der Waals surface area contributed by atoms with Crippen LogP contribution in [0.15, 0.2) is 59.5 Å². The van der Waals surface area contributed by atoms with E-state index in [-0.39, 0.29) is 4.90 Å². The van der Waals surface area contributed by atoms with Gasteiger partial charge in [-0.3, -0.25) is 0 Å². The zero-order valence-corrected chi connectivity index (χ0v) is 14.5. The number of nitrogens with zero attached hydrogens (tertiary/aromatic N) is 1. The third kappa shape index (κ3) is 3.52. The Balaban J connectivity index is 1.83. The van der Waals surface area contributed by atoms with Crippen LogP contribution in [-0.4, -0.2) is 33.9 Å². The Morgan fingerprint density at radius 1 is 1.08 bits per heavy atom. The van der Waals surface area contributed by atoms with Crippen LogP contribution >= 0.6 is 0 Å². The number of hydrogen-bond acceptors (Lipinski definition) is 4. The molecule has 1 fully saturated rings. The first-order valence-corrected chi connectivity index (χ1v) is 9.44. The second kappa shape index (κ2) is 6.72. The zero-order valence-electron chi connectivity index (χ0n) is 13.7. The maximum atomic E-state index is 12.6. The van der Waals surface area contributed by atoms with Gasteiger partial charge in [0.1, 0.15) is 5.60 Å². The largest absolute Gasteiger partial charge is 0.367 e. The summed E-state index contributed by atoms with van der Waals surface area (Å²) in [6.45, 7) is 3.74. The fourth-order valence-corrected chi connectivity index (χ4v) is 3.73. The smallest absolute Gasteiger partial charge is 0.341 e. The molecule has 0 radical (unpaired) electrons. The average molecular weight is 367 g/mol. The number of ether oxygens (including phenoxy) is 1. The summed E-state index contributed by atoms with van der Waals surface area (Å²) >= 11 is 0. The van der Waals surface area contributed by atoms with Crippen LogP contribution in [0.3, 0.4) is 0 Å². The molecule has 1 aliphatic heterocycles. The molecule has 0 saturated carbocycles. The van der Waals surface area contributed by atoms with E-state index >= 15 is 0 Å². The van der Waals surface area contributed by atoms with Gasteiger partial charge in [-0.15, -0.1) is 0 Å². The van der Waals surface area contributed by atoms with Crippen molar-refractivity contribution >= 4 is 15.5 Å². The number of anilines is 1. The summed E-state index contributed by atoms with van der Waals surface area (Å²) < 4.78 is 54.3. The van der Waals surface area contributed by atoms with Crippen molar-refractivity contribution in [3.05, 3.63) is 60.2 Å². The molecule has 4 nitrogen and oxygen atoms in total. The second-order valence-electron chi connectivity index (χ2n) is 6.17. The van der Waals surface area contributed by atoms with Crippen molar-refractivity contribution < 1.29 is 21.9 Å². The third-order valence-electron chi connectivity index (χ3n) is 4.42. The van der Waals surface area contributed by atoms with E-state index < -0.39 is 21.2 Å². The molecule has 1 heterocycles. The van der Waals surface area contributed by atoms with Gasteiger partial charge in [0, 0.05) is 12.2 Å². The SMILES string of the molecule is CC1(c2ccccc2)CN(c2ccc(S(=O)(=O)C(F)F)cc2)CCO1. The van der Waals surface area contributed by atoms with E-state index in [1.165, 1.54) is 12.1 Å². The number of hydrogen-bond donors (Lipinski definition) is 0. The first-order chi connectivity index (χ1) is 11.8. The number of halogens is 2. The maximum Gasteiger partial charge on any atom is 0.341 e. The minimum Gasteiger partial charge on any atom is -0.367 e. The summed E-state index contributed by atoms with van der Waals surface area (Å²) in [6.07, 6.45) is 0. The van der Waals surface area contributed by atoms with Crippen molar-refractivity contribution in [2.75, 3.05) is 24.6 Å². The van der Waals surface area contributed by atoms with Gasteiger partial charge >= 0.3 is 5.76 Å². The van der Waals surface area contributed by atoms with Gasteiger partial charge in [0.25, 0.3) is 0 Å². The lowest BCUT2D eigenvalue weighted by Gasteiger charge is -2.42. The van der Waals surface area contributed by atoms with Crippen LogP contribution in [0.25, 0.3) is 0 Å². The van der Waals surface area contributed by atoms with Gasteiger partial charge in [-0.1, -0.05) is 30.3 Å². The molecule has 1 saturated heterocycles. The predicted molar refractivity (Wildman–Crippen MR) is 91.6 cm³/mol. The van der Waals surface area contributed by atoms with Gasteiger partial charge < -0.3 is 9.64 Å². The highest BCUT2D eigenvalue weighted by molar-refractivity contribution is 7.91. The highest BCUT2D eigenvalue weighted by Crippen LogP contribution is 2.32. The van der Waals surface area contributed by atoms with Gasteiger partial charge in [0.05, 0.1) is 18.0 Å². The Bertz CT molecular complexity index is 825. The van der Waals surface area contributed by atoms with Crippen LogP contribution in [0, 0.1) is 0 Å². The molecule has 0 aliphatic carbocycles. The summed E-state index contributed by atoms with van der Waals surface area (Å²) in [5.74, 6) is -3.41. The second-order valence-corrected chi connectivity index (χ2v) is 8.08. The standard InChI is InChI=1S/C18H19F2NO3S/c1-18(14-5-3-2-4-6-14)13-21(11-12-24-18)15-7-9-16(10-8-15)25(22,23)17(19)20/h2-10,17H,11-13H2,1H3. The van der Waals surface area contributed by atoms with Crippen molar-refractivity contribution in [2.45, 2.75) is 23.2 Å². The Hall–Kier alpha value is -1.99. The Morgan fingerprint density at radius 3 is 2.32 bits per heavy atom. The molecule has 2 aromatic carbocycles. The first kappa shape index (κ1) is 17.8. The molecule has 1 unspecified atom stereocenters. The van der Waals surface area contributed by atoms with E-state index in [0.29, 0.717) is 19.7 Å². The van der Waals surface area contributed by atoms with Gasteiger partial charge in [-0.05, 0) is 36.8 Å². The molecular weight excluding hydrogens is 348 g/mol. The molecule has 0 N–H and O–H groups in total. The Morgan fingerprint density at radius 2 is 1.72 bits per heavy atom. The van der Waals surface area contributed by atoms with Crippen molar-refractivity contribution in [1.82, 2.24) is 0 Å². The average Bonchev–Trinajstić information content (AvgIpc) is 2.62. The topological polar surface area (TPSA) is 46.6 Å². The minimum atomic E-state index is -4.57. The highest BCUT2D eigenvalue weighted by Gasteiger charge is 2.34. The molecule has 3 rings (SSSR count).